The Morgan fingerprint density at radius 1 is 1.33 bits per heavy atom. The van der Waals surface area contributed by atoms with E-state index in [1.807, 2.05) is 6.08 Å². The van der Waals surface area contributed by atoms with Gasteiger partial charge >= 0.3 is 0 Å². The molecule has 80 valence electrons. The van der Waals surface area contributed by atoms with Crippen LogP contribution in [0.2, 0.25) is 0 Å². The molecule has 0 bridgehead atoms. The van der Waals surface area contributed by atoms with Gasteiger partial charge in [0, 0.05) is 6.61 Å². The number of aliphatic hydroxyl groups excluding tert-OH is 1. The molecule has 0 aliphatic rings. The normalized spacial score (nSPS) is 10.9. The first kappa shape index (κ1) is 11.7. The highest BCUT2D eigenvalue weighted by molar-refractivity contribution is 5.59. The molecule has 1 N–H and O–H groups in total. The molecule has 1 rings (SSSR count). The van der Waals surface area contributed by atoms with Crippen LogP contribution in [0.4, 0.5) is 0 Å². The molecule has 0 saturated heterocycles. The topological polar surface area (TPSA) is 20.2 Å². The van der Waals surface area contributed by atoms with Gasteiger partial charge in [-0.2, -0.15) is 0 Å². The fourth-order valence-corrected chi connectivity index (χ4v) is 1.52. The van der Waals surface area contributed by atoms with Crippen molar-refractivity contribution in [1.29, 1.82) is 0 Å². The van der Waals surface area contributed by atoms with Gasteiger partial charge in [-0.3, -0.25) is 0 Å². The Hall–Kier alpha value is -1.34. The van der Waals surface area contributed by atoms with Crippen molar-refractivity contribution in [1.82, 2.24) is 0 Å². The first-order valence-corrected chi connectivity index (χ1v) is 5.18. The highest BCUT2D eigenvalue weighted by atomic mass is 16.2. The maximum absolute atomic E-state index is 8.75. The molecule has 0 amide bonds. The molecule has 0 fully saturated rings. The van der Waals surface area contributed by atoms with E-state index >= 15 is 0 Å². The molecular formula is C14H18O. The Kier molecular flexibility index (Phi) is 4.32. The van der Waals surface area contributed by atoms with E-state index < -0.39 is 0 Å². The molecule has 0 aliphatic carbocycles. The lowest BCUT2D eigenvalue weighted by Crippen LogP contribution is -1.86. The summed E-state index contributed by atoms with van der Waals surface area (Å²) in [7, 11) is 0. The van der Waals surface area contributed by atoms with Crippen LogP contribution in [0.1, 0.15) is 23.1 Å². The lowest BCUT2D eigenvalue weighted by Gasteiger charge is -2.04. The summed E-state index contributed by atoms with van der Waals surface area (Å²) in [5, 5.41) is 8.75. The van der Waals surface area contributed by atoms with Crippen LogP contribution in [0.15, 0.2) is 36.4 Å². The van der Waals surface area contributed by atoms with E-state index in [1.54, 1.807) is 0 Å². The van der Waals surface area contributed by atoms with Crippen molar-refractivity contribution in [2.24, 2.45) is 0 Å². The molecule has 0 saturated carbocycles. The third-order valence-corrected chi connectivity index (χ3v) is 2.46. The number of rotatable bonds is 4. The Bertz CT molecular complexity index is 355. The van der Waals surface area contributed by atoms with Crippen LogP contribution in [0.3, 0.4) is 0 Å². The Morgan fingerprint density at radius 2 is 1.93 bits per heavy atom. The molecular weight excluding hydrogens is 184 g/mol. The second-order valence-electron chi connectivity index (χ2n) is 3.77. The molecule has 0 radical (unpaired) electrons. The minimum atomic E-state index is 0.163. The van der Waals surface area contributed by atoms with E-state index in [2.05, 4.69) is 44.7 Å². The number of aryl methyl sites for hydroxylation is 2. The van der Waals surface area contributed by atoms with E-state index in [0.29, 0.717) is 6.42 Å². The maximum atomic E-state index is 8.75. The zero-order valence-corrected chi connectivity index (χ0v) is 9.46. The minimum Gasteiger partial charge on any atom is -0.396 e. The van der Waals surface area contributed by atoms with Crippen molar-refractivity contribution in [2.45, 2.75) is 20.3 Å². The van der Waals surface area contributed by atoms with Crippen molar-refractivity contribution in [2.75, 3.05) is 6.61 Å². The van der Waals surface area contributed by atoms with Gasteiger partial charge in [-0.25, -0.2) is 0 Å². The first-order valence-electron chi connectivity index (χ1n) is 5.18. The summed E-state index contributed by atoms with van der Waals surface area (Å²) < 4.78 is 0. The SMILES string of the molecule is C=C(/C=C/c1c(C)cccc1C)CCO. The van der Waals surface area contributed by atoms with Gasteiger partial charge in [0.05, 0.1) is 0 Å². The van der Waals surface area contributed by atoms with Gasteiger partial charge in [0.1, 0.15) is 0 Å². The van der Waals surface area contributed by atoms with E-state index in [1.165, 1.54) is 16.7 Å². The van der Waals surface area contributed by atoms with E-state index in [-0.39, 0.29) is 6.61 Å². The second kappa shape index (κ2) is 5.52. The van der Waals surface area contributed by atoms with Crippen molar-refractivity contribution in [3.8, 4) is 0 Å². The van der Waals surface area contributed by atoms with E-state index in [4.69, 9.17) is 5.11 Å². The lowest BCUT2D eigenvalue weighted by molar-refractivity contribution is 0.300. The second-order valence-corrected chi connectivity index (χ2v) is 3.77. The molecule has 15 heavy (non-hydrogen) atoms. The molecule has 0 spiro atoms. The van der Waals surface area contributed by atoms with Crippen LogP contribution in [-0.2, 0) is 0 Å². The number of hydrogen-bond acceptors (Lipinski definition) is 1. The largest absolute Gasteiger partial charge is 0.396 e. The Morgan fingerprint density at radius 3 is 2.47 bits per heavy atom. The molecule has 1 aromatic carbocycles. The summed E-state index contributed by atoms with van der Waals surface area (Å²) in [5.41, 5.74) is 4.74. The van der Waals surface area contributed by atoms with Crippen LogP contribution in [0, 0.1) is 13.8 Å². The van der Waals surface area contributed by atoms with Gasteiger partial charge in [0.15, 0.2) is 0 Å². The summed E-state index contributed by atoms with van der Waals surface area (Å²) in [6.45, 7) is 8.23. The molecule has 1 nitrogen and oxygen atoms in total. The fourth-order valence-electron chi connectivity index (χ4n) is 1.52. The summed E-state index contributed by atoms with van der Waals surface area (Å²) in [5.74, 6) is 0. The number of benzene rings is 1. The van der Waals surface area contributed by atoms with E-state index in [9.17, 15) is 0 Å². The molecule has 0 unspecified atom stereocenters. The van der Waals surface area contributed by atoms with Gasteiger partial charge in [0.25, 0.3) is 0 Å². The maximum Gasteiger partial charge on any atom is 0.0471 e. The summed E-state index contributed by atoms with van der Waals surface area (Å²) in [4.78, 5) is 0. The molecule has 0 aliphatic heterocycles. The molecule has 0 heterocycles. The zero-order chi connectivity index (χ0) is 11.3. The van der Waals surface area contributed by atoms with Crippen LogP contribution < -0.4 is 0 Å². The van der Waals surface area contributed by atoms with E-state index in [0.717, 1.165) is 5.57 Å². The number of hydrogen-bond donors (Lipinski definition) is 1. The highest BCUT2D eigenvalue weighted by Gasteiger charge is 1.97. The minimum absolute atomic E-state index is 0.163. The lowest BCUT2D eigenvalue weighted by atomic mass is 10.0. The monoisotopic (exact) mass is 202 g/mol. The Balaban J connectivity index is 2.84. The first-order chi connectivity index (χ1) is 7.15. The summed E-state index contributed by atoms with van der Waals surface area (Å²) in [6, 6.07) is 6.26. The fraction of sp³-hybridized carbons (Fsp3) is 0.286. The number of allylic oxidation sites excluding steroid dienone is 1. The molecule has 0 atom stereocenters. The van der Waals surface area contributed by atoms with Crippen molar-refractivity contribution < 1.29 is 5.11 Å². The van der Waals surface area contributed by atoms with Gasteiger partial charge in [-0.15, -0.1) is 0 Å². The summed E-state index contributed by atoms with van der Waals surface area (Å²) in [6.07, 6.45) is 4.69. The molecule has 1 aromatic rings. The van der Waals surface area contributed by atoms with Crippen molar-refractivity contribution >= 4 is 6.08 Å². The Labute approximate surface area is 91.8 Å². The van der Waals surface area contributed by atoms with Crippen LogP contribution in [0.25, 0.3) is 6.08 Å². The van der Waals surface area contributed by atoms with Crippen molar-refractivity contribution in [3.63, 3.8) is 0 Å². The standard InChI is InChI=1S/C14H18O/c1-11(9-10-15)7-8-14-12(2)5-4-6-13(14)3/h4-8,15H,1,9-10H2,2-3H3/b8-7+. The predicted molar refractivity (Wildman–Crippen MR) is 65.8 cm³/mol. The van der Waals surface area contributed by atoms with Crippen LogP contribution in [0.5, 0.6) is 0 Å². The smallest absolute Gasteiger partial charge is 0.0471 e. The quantitative estimate of drug-likeness (QED) is 0.743. The van der Waals surface area contributed by atoms with Gasteiger partial charge in [-0.05, 0) is 37.0 Å². The van der Waals surface area contributed by atoms with Crippen LogP contribution in [-0.4, -0.2) is 11.7 Å². The highest BCUT2D eigenvalue weighted by Crippen LogP contribution is 2.16. The molecule has 0 aromatic heterocycles. The third kappa shape index (κ3) is 3.37. The third-order valence-electron chi connectivity index (χ3n) is 2.46. The summed E-state index contributed by atoms with van der Waals surface area (Å²) >= 11 is 0. The average molecular weight is 202 g/mol. The predicted octanol–water partition coefficient (Wildman–Crippen LogP) is 3.26. The van der Waals surface area contributed by atoms with Gasteiger partial charge < -0.3 is 5.11 Å². The number of aliphatic hydroxyl groups is 1. The zero-order valence-electron chi connectivity index (χ0n) is 9.46. The van der Waals surface area contributed by atoms with Gasteiger partial charge in [-0.1, -0.05) is 42.5 Å². The van der Waals surface area contributed by atoms with Crippen molar-refractivity contribution in [3.05, 3.63) is 53.1 Å². The molecule has 1 heteroatoms. The van der Waals surface area contributed by atoms with Crippen LogP contribution >= 0.6 is 0 Å². The average Bonchev–Trinajstić information content (AvgIpc) is 2.17. The van der Waals surface area contributed by atoms with Gasteiger partial charge in [0.2, 0.25) is 0 Å².